The van der Waals surface area contributed by atoms with Crippen molar-refractivity contribution in [2.45, 2.75) is 19.9 Å². The molecule has 0 aliphatic heterocycles. The van der Waals surface area contributed by atoms with Gasteiger partial charge in [-0.2, -0.15) is 5.10 Å². The van der Waals surface area contributed by atoms with E-state index < -0.39 is 0 Å². The number of ether oxygens (including phenoxy) is 1. The number of methoxy groups -OCH3 is 1. The van der Waals surface area contributed by atoms with Crippen molar-refractivity contribution in [3.63, 3.8) is 0 Å². The van der Waals surface area contributed by atoms with E-state index in [4.69, 9.17) is 4.74 Å². The molecule has 98 valence electrons. The lowest BCUT2D eigenvalue weighted by molar-refractivity contribution is 0.211. The third-order valence-corrected chi connectivity index (χ3v) is 3.51. The van der Waals surface area contributed by atoms with Crippen LogP contribution in [-0.4, -0.2) is 35.0 Å². The molecule has 2 rings (SSSR count). The van der Waals surface area contributed by atoms with E-state index >= 15 is 0 Å². The standard InChI is InChI=1S/C12H18N4OS/c1-9(2)16-8-10(6-15-16)11-7-14-12(18-11)13-4-5-17-3/h6-9H,4-5H2,1-3H3,(H,13,14). The van der Waals surface area contributed by atoms with Gasteiger partial charge in [-0.25, -0.2) is 4.98 Å². The molecule has 6 heteroatoms. The van der Waals surface area contributed by atoms with Crippen LogP contribution in [-0.2, 0) is 4.74 Å². The number of hydrogen-bond acceptors (Lipinski definition) is 5. The van der Waals surface area contributed by atoms with Gasteiger partial charge < -0.3 is 10.1 Å². The Hall–Kier alpha value is -1.40. The van der Waals surface area contributed by atoms with Crippen molar-refractivity contribution in [2.75, 3.05) is 25.6 Å². The second kappa shape index (κ2) is 5.97. The Labute approximate surface area is 111 Å². The molecule has 0 amide bonds. The van der Waals surface area contributed by atoms with Crippen molar-refractivity contribution >= 4 is 16.5 Å². The summed E-state index contributed by atoms with van der Waals surface area (Å²) in [5.74, 6) is 0. The van der Waals surface area contributed by atoms with Crippen LogP contribution in [0.5, 0.6) is 0 Å². The Morgan fingerprint density at radius 2 is 2.28 bits per heavy atom. The molecule has 18 heavy (non-hydrogen) atoms. The number of hydrogen-bond donors (Lipinski definition) is 1. The molecule has 0 aliphatic carbocycles. The van der Waals surface area contributed by atoms with Gasteiger partial charge in [-0.15, -0.1) is 0 Å². The SMILES string of the molecule is COCCNc1ncc(-c2cnn(C(C)C)c2)s1. The minimum Gasteiger partial charge on any atom is -0.383 e. The number of aromatic nitrogens is 3. The molecule has 2 aromatic heterocycles. The summed E-state index contributed by atoms with van der Waals surface area (Å²) in [6.07, 6.45) is 5.81. The first-order valence-corrected chi connectivity index (χ1v) is 6.75. The Morgan fingerprint density at radius 1 is 1.44 bits per heavy atom. The molecule has 0 saturated heterocycles. The minimum atomic E-state index is 0.381. The molecule has 0 fully saturated rings. The van der Waals surface area contributed by atoms with Crippen LogP contribution in [0.4, 0.5) is 5.13 Å². The summed E-state index contributed by atoms with van der Waals surface area (Å²) < 4.78 is 6.94. The molecule has 2 aromatic rings. The van der Waals surface area contributed by atoms with Gasteiger partial charge in [0, 0.05) is 37.7 Å². The van der Waals surface area contributed by atoms with E-state index in [-0.39, 0.29) is 0 Å². The highest BCUT2D eigenvalue weighted by atomic mass is 32.1. The average Bonchev–Trinajstić information content (AvgIpc) is 2.97. The fourth-order valence-corrected chi connectivity index (χ4v) is 2.31. The summed E-state index contributed by atoms with van der Waals surface area (Å²) in [5.41, 5.74) is 1.11. The van der Waals surface area contributed by atoms with Crippen LogP contribution < -0.4 is 5.32 Å². The van der Waals surface area contributed by atoms with Crippen molar-refractivity contribution in [3.8, 4) is 10.4 Å². The first-order valence-electron chi connectivity index (χ1n) is 5.94. The van der Waals surface area contributed by atoms with Gasteiger partial charge in [-0.05, 0) is 13.8 Å². The number of nitrogens with zero attached hydrogens (tertiary/aromatic N) is 3. The van der Waals surface area contributed by atoms with Crippen LogP contribution in [0.1, 0.15) is 19.9 Å². The van der Waals surface area contributed by atoms with Crippen LogP contribution in [0, 0.1) is 0 Å². The van der Waals surface area contributed by atoms with Crippen LogP contribution in [0.3, 0.4) is 0 Å². The van der Waals surface area contributed by atoms with Crippen LogP contribution >= 0.6 is 11.3 Å². The van der Waals surface area contributed by atoms with Gasteiger partial charge in [0.15, 0.2) is 5.13 Å². The van der Waals surface area contributed by atoms with E-state index in [9.17, 15) is 0 Å². The van der Waals surface area contributed by atoms with Crippen LogP contribution in [0.2, 0.25) is 0 Å². The Balaban J connectivity index is 2.04. The third-order valence-electron chi connectivity index (χ3n) is 2.50. The van der Waals surface area contributed by atoms with Crippen molar-refractivity contribution in [2.24, 2.45) is 0 Å². The summed E-state index contributed by atoms with van der Waals surface area (Å²) in [5, 5.41) is 8.47. The summed E-state index contributed by atoms with van der Waals surface area (Å²) in [6, 6.07) is 0.381. The zero-order chi connectivity index (χ0) is 13.0. The molecular weight excluding hydrogens is 248 g/mol. The maximum atomic E-state index is 4.99. The smallest absolute Gasteiger partial charge is 0.183 e. The number of thiazole rings is 1. The fourth-order valence-electron chi connectivity index (χ4n) is 1.50. The number of rotatable bonds is 6. The van der Waals surface area contributed by atoms with Crippen molar-refractivity contribution < 1.29 is 4.74 Å². The number of anilines is 1. The molecular formula is C12H18N4OS. The summed E-state index contributed by atoms with van der Waals surface area (Å²) in [4.78, 5) is 5.46. The van der Waals surface area contributed by atoms with Gasteiger partial charge in [0.25, 0.3) is 0 Å². The third kappa shape index (κ3) is 3.08. The molecule has 0 saturated carbocycles. The topological polar surface area (TPSA) is 52.0 Å². The quantitative estimate of drug-likeness (QED) is 0.817. The molecule has 0 radical (unpaired) electrons. The number of nitrogens with one attached hydrogen (secondary N) is 1. The van der Waals surface area contributed by atoms with Crippen molar-refractivity contribution in [1.82, 2.24) is 14.8 Å². The van der Waals surface area contributed by atoms with Gasteiger partial charge in [0.2, 0.25) is 0 Å². The van der Waals surface area contributed by atoms with Gasteiger partial charge >= 0.3 is 0 Å². The highest BCUT2D eigenvalue weighted by molar-refractivity contribution is 7.18. The van der Waals surface area contributed by atoms with E-state index in [0.717, 1.165) is 22.1 Å². The maximum Gasteiger partial charge on any atom is 0.183 e. The second-order valence-corrected chi connectivity index (χ2v) is 5.28. The maximum absolute atomic E-state index is 4.99. The van der Waals surface area contributed by atoms with Crippen molar-refractivity contribution in [3.05, 3.63) is 18.6 Å². The van der Waals surface area contributed by atoms with E-state index in [1.807, 2.05) is 17.1 Å². The molecule has 2 heterocycles. The summed E-state index contributed by atoms with van der Waals surface area (Å²) >= 11 is 1.63. The van der Waals surface area contributed by atoms with Gasteiger partial charge in [0.05, 0.1) is 17.7 Å². The first-order chi connectivity index (χ1) is 8.70. The van der Waals surface area contributed by atoms with Crippen molar-refractivity contribution in [1.29, 1.82) is 0 Å². The van der Waals surface area contributed by atoms with Gasteiger partial charge in [-0.3, -0.25) is 4.68 Å². The zero-order valence-electron chi connectivity index (χ0n) is 10.9. The minimum absolute atomic E-state index is 0.381. The fraction of sp³-hybridized carbons (Fsp3) is 0.500. The molecule has 0 bridgehead atoms. The lowest BCUT2D eigenvalue weighted by Crippen LogP contribution is -2.06. The highest BCUT2D eigenvalue weighted by Crippen LogP contribution is 2.28. The normalized spacial score (nSPS) is 11.1. The zero-order valence-corrected chi connectivity index (χ0v) is 11.7. The van der Waals surface area contributed by atoms with Crippen LogP contribution in [0.15, 0.2) is 18.6 Å². The molecule has 5 nitrogen and oxygen atoms in total. The van der Waals surface area contributed by atoms with E-state index in [1.54, 1.807) is 18.4 Å². The van der Waals surface area contributed by atoms with Gasteiger partial charge in [-0.1, -0.05) is 11.3 Å². The summed E-state index contributed by atoms with van der Waals surface area (Å²) in [7, 11) is 1.69. The monoisotopic (exact) mass is 266 g/mol. The highest BCUT2D eigenvalue weighted by Gasteiger charge is 2.07. The van der Waals surface area contributed by atoms with Crippen LogP contribution in [0.25, 0.3) is 10.4 Å². The lowest BCUT2D eigenvalue weighted by atomic mass is 10.3. The van der Waals surface area contributed by atoms with E-state index in [0.29, 0.717) is 12.6 Å². The first kappa shape index (κ1) is 13.0. The predicted octanol–water partition coefficient (Wildman–Crippen LogP) is 2.65. The van der Waals surface area contributed by atoms with E-state index in [2.05, 4.69) is 35.4 Å². The second-order valence-electron chi connectivity index (χ2n) is 4.25. The average molecular weight is 266 g/mol. The Bertz CT molecular complexity index is 492. The molecule has 0 unspecified atom stereocenters. The largest absolute Gasteiger partial charge is 0.383 e. The molecule has 1 N–H and O–H groups in total. The van der Waals surface area contributed by atoms with Gasteiger partial charge in [0.1, 0.15) is 0 Å². The Kier molecular flexibility index (Phi) is 4.33. The molecule has 0 atom stereocenters. The predicted molar refractivity (Wildman–Crippen MR) is 74.1 cm³/mol. The molecule has 0 aromatic carbocycles. The summed E-state index contributed by atoms with van der Waals surface area (Å²) in [6.45, 7) is 5.68. The Morgan fingerprint density at radius 3 is 2.94 bits per heavy atom. The lowest BCUT2D eigenvalue weighted by Gasteiger charge is -2.02. The molecule has 0 spiro atoms. The van der Waals surface area contributed by atoms with E-state index in [1.165, 1.54) is 0 Å². The molecule has 0 aliphatic rings.